The molecule has 2 rings (SSSR count). The molecular formula is C17H18N4S. The van der Waals surface area contributed by atoms with Crippen molar-refractivity contribution in [2.75, 3.05) is 0 Å². The molecule has 0 spiro atoms. The molecule has 1 N–H and O–H groups in total. The number of aryl methyl sites for hydroxylation is 1. The Bertz CT molecular complexity index is 748. The van der Waals surface area contributed by atoms with Crippen molar-refractivity contribution in [3.63, 3.8) is 0 Å². The number of nitrogens with one attached hydrogen (secondary N) is 1. The van der Waals surface area contributed by atoms with Crippen molar-refractivity contribution in [2.45, 2.75) is 27.2 Å². The third-order valence-electron chi connectivity index (χ3n) is 3.37. The van der Waals surface area contributed by atoms with Gasteiger partial charge in [-0.1, -0.05) is 55.1 Å². The Balaban J connectivity index is 2.28. The summed E-state index contributed by atoms with van der Waals surface area (Å²) in [6.07, 6.45) is 0.846. The quantitative estimate of drug-likeness (QED) is 0.881. The average molecular weight is 310 g/mol. The summed E-state index contributed by atoms with van der Waals surface area (Å²) < 4.78 is 0. The van der Waals surface area contributed by atoms with Gasteiger partial charge in [0.05, 0.1) is 0 Å². The largest absolute Gasteiger partial charge is 0.196 e. The molecule has 1 aromatic heterocycles. The van der Waals surface area contributed by atoms with Gasteiger partial charge in [0.1, 0.15) is 11.8 Å². The summed E-state index contributed by atoms with van der Waals surface area (Å²) in [5, 5.41) is 19.5. The molecule has 1 heterocycles. The second-order valence-corrected chi connectivity index (χ2v) is 6.12. The number of allylic oxidation sites excluding steroid dienone is 2. The first-order valence-corrected chi connectivity index (χ1v) is 7.83. The minimum atomic E-state index is 0.324. The van der Waals surface area contributed by atoms with Crippen LogP contribution in [0.15, 0.2) is 35.7 Å². The second kappa shape index (κ2) is 7.10. The molecule has 112 valence electrons. The minimum absolute atomic E-state index is 0.324. The number of hydrogen-bond acceptors (Lipinski definition) is 4. The number of hydrogen-bond donors (Lipinski definition) is 1. The molecule has 0 unspecified atom stereocenters. The van der Waals surface area contributed by atoms with Gasteiger partial charge in [-0.05, 0) is 36.3 Å². The van der Waals surface area contributed by atoms with Crippen LogP contribution in [0.3, 0.4) is 0 Å². The third kappa shape index (κ3) is 3.46. The maximum Gasteiger partial charge on any atom is 0.190 e. The molecule has 0 bridgehead atoms. The highest BCUT2D eigenvalue weighted by Crippen LogP contribution is 2.38. The van der Waals surface area contributed by atoms with Crippen molar-refractivity contribution in [3.05, 3.63) is 58.3 Å². The van der Waals surface area contributed by atoms with Gasteiger partial charge in [0.15, 0.2) is 5.69 Å². The van der Waals surface area contributed by atoms with Crippen molar-refractivity contribution in [1.82, 2.24) is 15.4 Å². The number of aromatic amines is 1. The predicted molar refractivity (Wildman–Crippen MR) is 91.8 cm³/mol. The fourth-order valence-electron chi connectivity index (χ4n) is 2.06. The van der Waals surface area contributed by atoms with Crippen LogP contribution in [0.5, 0.6) is 0 Å². The molecule has 0 aliphatic carbocycles. The Hall–Kier alpha value is -2.32. The van der Waals surface area contributed by atoms with Gasteiger partial charge in [-0.3, -0.25) is 0 Å². The summed E-state index contributed by atoms with van der Waals surface area (Å²) in [5.41, 5.74) is 4.24. The van der Waals surface area contributed by atoms with Gasteiger partial charge in [-0.15, -0.1) is 5.10 Å². The molecular weight excluding hydrogens is 292 g/mol. The number of nitriles is 1. The van der Waals surface area contributed by atoms with Gasteiger partial charge >= 0.3 is 0 Å². The molecule has 5 heteroatoms. The van der Waals surface area contributed by atoms with Crippen molar-refractivity contribution in [1.29, 1.82) is 5.26 Å². The summed E-state index contributed by atoms with van der Waals surface area (Å²) in [7, 11) is 0. The fourth-order valence-corrected chi connectivity index (χ4v) is 3.01. The van der Waals surface area contributed by atoms with Gasteiger partial charge < -0.3 is 0 Å². The highest BCUT2D eigenvalue weighted by Gasteiger charge is 2.14. The molecule has 0 amide bonds. The minimum Gasteiger partial charge on any atom is -0.196 e. The van der Waals surface area contributed by atoms with Crippen molar-refractivity contribution in [3.8, 4) is 6.07 Å². The maximum atomic E-state index is 9.08. The molecule has 0 fully saturated rings. The first-order valence-electron chi connectivity index (χ1n) is 7.01. The van der Waals surface area contributed by atoms with Gasteiger partial charge in [0.25, 0.3) is 0 Å². The lowest BCUT2D eigenvalue weighted by atomic mass is 10.1. The third-order valence-corrected chi connectivity index (χ3v) is 4.69. The number of benzene rings is 1. The Morgan fingerprint density at radius 3 is 2.59 bits per heavy atom. The smallest absolute Gasteiger partial charge is 0.190 e. The van der Waals surface area contributed by atoms with E-state index in [1.54, 1.807) is 11.8 Å². The molecule has 2 aromatic rings. The number of rotatable bonds is 5. The van der Waals surface area contributed by atoms with Gasteiger partial charge in [0, 0.05) is 4.91 Å². The van der Waals surface area contributed by atoms with Crippen LogP contribution < -0.4 is 0 Å². The molecule has 0 saturated carbocycles. The second-order valence-electron chi connectivity index (χ2n) is 4.93. The van der Waals surface area contributed by atoms with Crippen LogP contribution in [0.4, 0.5) is 0 Å². The van der Waals surface area contributed by atoms with E-state index in [4.69, 9.17) is 5.26 Å². The van der Waals surface area contributed by atoms with Crippen LogP contribution >= 0.6 is 11.8 Å². The molecule has 1 aromatic carbocycles. The van der Waals surface area contributed by atoms with Gasteiger partial charge in [0.2, 0.25) is 0 Å². The van der Waals surface area contributed by atoms with E-state index in [0.29, 0.717) is 11.4 Å². The molecule has 0 atom stereocenters. The SMILES string of the molecule is C=C(S/C(CC)=C(\C)c1n[nH]nc1C#N)c1ccc(C)cc1. The lowest BCUT2D eigenvalue weighted by Crippen LogP contribution is -1.90. The van der Waals surface area contributed by atoms with Gasteiger partial charge in [-0.25, -0.2) is 0 Å². The molecule has 0 radical (unpaired) electrons. The molecule has 22 heavy (non-hydrogen) atoms. The van der Waals surface area contributed by atoms with E-state index in [1.807, 2.05) is 6.92 Å². The Kier molecular flexibility index (Phi) is 5.18. The Labute approximate surface area is 134 Å². The predicted octanol–water partition coefficient (Wildman–Crippen LogP) is 4.53. The topological polar surface area (TPSA) is 65.4 Å². The van der Waals surface area contributed by atoms with Crippen LogP contribution in [0, 0.1) is 18.3 Å². The molecule has 0 aliphatic heterocycles. The van der Waals surface area contributed by atoms with E-state index in [-0.39, 0.29) is 0 Å². The lowest BCUT2D eigenvalue weighted by Gasteiger charge is -2.11. The first-order chi connectivity index (χ1) is 10.6. The number of thioether (sulfide) groups is 1. The van der Waals surface area contributed by atoms with E-state index < -0.39 is 0 Å². The highest BCUT2D eigenvalue weighted by atomic mass is 32.2. The Morgan fingerprint density at radius 2 is 2.00 bits per heavy atom. The van der Waals surface area contributed by atoms with E-state index in [1.165, 1.54) is 5.56 Å². The lowest BCUT2D eigenvalue weighted by molar-refractivity contribution is 0.931. The fraction of sp³-hybridized carbons (Fsp3) is 0.235. The zero-order valence-electron chi connectivity index (χ0n) is 13.0. The summed E-state index contributed by atoms with van der Waals surface area (Å²) in [4.78, 5) is 2.12. The Morgan fingerprint density at radius 1 is 1.32 bits per heavy atom. The van der Waals surface area contributed by atoms with Gasteiger partial charge in [-0.2, -0.15) is 15.6 Å². The number of aromatic nitrogens is 3. The van der Waals surface area contributed by atoms with E-state index in [2.05, 4.69) is 66.2 Å². The molecule has 0 aliphatic rings. The summed E-state index contributed by atoms with van der Waals surface area (Å²) in [5.74, 6) is 0. The zero-order chi connectivity index (χ0) is 16.1. The molecule has 4 nitrogen and oxygen atoms in total. The van der Waals surface area contributed by atoms with Crippen molar-refractivity contribution >= 4 is 22.2 Å². The zero-order valence-corrected chi connectivity index (χ0v) is 13.8. The van der Waals surface area contributed by atoms with Crippen LogP contribution in [-0.4, -0.2) is 15.4 Å². The summed E-state index contributed by atoms with van der Waals surface area (Å²) in [6, 6.07) is 10.4. The monoisotopic (exact) mass is 310 g/mol. The van der Waals surface area contributed by atoms with E-state index in [9.17, 15) is 0 Å². The van der Waals surface area contributed by atoms with Crippen LogP contribution in [0.2, 0.25) is 0 Å². The average Bonchev–Trinajstić information content (AvgIpc) is 3.01. The van der Waals surface area contributed by atoms with E-state index >= 15 is 0 Å². The number of nitrogens with zero attached hydrogens (tertiary/aromatic N) is 3. The van der Waals surface area contributed by atoms with Crippen LogP contribution in [0.1, 0.15) is 42.8 Å². The maximum absolute atomic E-state index is 9.08. The van der Waals surface area contributed by atoms with Crippen LogP contribution in [0.25, 0.3) is 10.5 Å². The summed E-state index contributed by atoms with van der Waals surface area (Å²) >= 11 is 1.62. The summed E-state index contributed by atoms with van der Waals surface area (Å²) in [6.45, 7) is 10.3. The van der Waals surface area contributed by atoms with Crippen molar-refractivity contribution in [2.24, 2.45) is 0 Å². The number of H-pyrrole nitrogens is 1. The van der Waals surface area contributed by atoms with E-state index in [0.717, 1.165) is 27.4 Å². The van der Waals surface area contributed by atoms with Crippen LogP contribution in [-0.2, 0) is 0 Å². The van der Waals surface area contributed by atoms with Crippen molar-refractivity contribution < 1.29 is 0 Å². The standard InChI is InChI=1S/C17H18N4S/c1-5-16(12(3)17-15(10-18)19-21-20-17)22-13(4)14-8-6-11(2)7-9-14/h6-9H,4-5H2,1-3H3,(H,19,20,21)/b16-12+. The highest BCUT2D eigenvalue weighted by molar-refractivity contribution is 8.11. The normalized spacial score (nSPS) is 11.7. The first kappa shape index (κ1) is 16.1. The molecule has 0 saturated heterocycles.